The van der Waals surface area contributed by atoms with E-state index in [0.717, 1.165) is 28.1 Å². The summed E-state index contributed by atoms with van der Waals surface area (Å²) in [5, 5.41) is 0.805. The monoisotopic (exact) mass is 315 g/mol. The summed E-state index contributed by atoms with van der Waals surface area (Å²) in [4.78, 5) is 2.33. The van der Waals surface area contributed by atoms with Crippen LogP contribution in [0, 0.1) is 0 Å². The molecule has 0 radical (unpaired) electrons. The molecule has 2 aliphatic rings. The molecule has 1 fully saturated rings. The Labute approximate surface area is 115 Å². The largest absolute Gasteiger partial charge is 0.369 e. The molecule has 0 aliphatic carbocycles. The van der Waals surface area contributed by atoms with Gasteiger partial charge in [0.2, 0.25) is 0 Å². The lowest BCUT2D eigenvalue weighted by atomic mass is 9.81. The number of benzene rings is 1. The van der Waals surface area contributed by atoms with Gasteiger partial charge in [0, 0.05) is 29.0 Å². The van der Waals surface area contributed by atoms with E-state index >= 15 is 0 Å². The Balaban J connectivity index is 2.12. The topological polar surface area (TPSA) is 12.5 Å². The van der Waals surface area contributed by atoms with E-state index in [0.29, 0.717) is 12.5 Å². The summed E-state index contributed by atoms with van der Waals surface area (Å²) in [6.45, 7) is 4.86. The lowest BCUT2D eigenvalue weighted by Gasteiger charge is -2.37. The van der Waals surface area contributed by atoms with Crippen molar-refractivity contribution in [3.05, 3.63) is 32.8 Å². The molecule has 2 unspecified atom stereocenters. The third-order valence-electron chi connectivity index (χ3n) is 3.97. The maximum absolute atomic E-state index is 6.34. The first-order chi connectivity index (χ1) is 8.01. The number of fused-ring (bicyclic) bond motifs is 3. The van der Waals surface area contributed by atoms with Crippen molar-refractivity contribution in [2.45, 2.75) is 25.0 Å². The molecule has 0 bridgehead atoms. The highest BCUT2D eigenvalue weighted by Crippen LogP contribution is 2.46. The van der Waals surface area contributed by atoms with Crippen LogP contribution in [0.1, 0.15) is 24.0 Å². The highest BCUT2D eigenvalue weighted by atomic mass is 79.9. The molecule has 1 saturated heterocycles. The zero-order chi connectivity index (χ0) is 12.2. The van der Waals surface area contributed by atoms with E-state index in [4.69, 9.17) is 16.3 Å². The molecule has 3 rings (SSSR count). The smallest absolute Gasteiger partial charge is 0.0865 e. The van der Waals surface area contributed by atoms with Gasteiger partial charge in [-0.05, 0) is 41.5 Å². The van der Waals surface area contributed by atoms with Gasteiger partial charge in [0.1, 0.15) is 0 Å². The minimum atomic E-state index is -0.0566. The van der Waals surface area contributed by atoms with Crippen molar-refractivity contribution in [3.63, 3.8) is 0 Å². The zero-order valence-electron chi connectivity index (χ0n) is 9.96. The van der Waals surface area contributed by atoms with Crippen molar-refractivity contribution in [3.8, 4) is 0 Å². The summed E-state index contributed by atoms with van der Waals surface area (Å²) in [7, 11) is 2.15. The van der Waals surface area contributed by atoms with Gasteiger partial charge in [-0.1, -0.05) is 17.7 Å². The molecule has 2 heterocycles. The Kier molecular flexibility index (Phi) is 2.78. The predicted octanol–water partition coefficient (Wildman–Crippen LogP) is 3.42. The van der Waals surface area contributed by atoms with E-state index in [1.165, 1.54) is 5.56 Å². The fourth-order valence-electron chi connectivity index (χ4n) is 3.11. The molecule has 0 N–H and O–H groups in total. The Morgan fingerprint density at radius 3 is 3.06 bits per heavy atom. The normalized spacial score (nSPS) is 32.4. The van der Waals surface area contributed by atoms with E-state index in [-0.39, 0.29) is 5.60 Å². The summed E-state index contributed by atoms with van der Waals surface area (Å²) in [6, 6.07) is 4.24. The van der Waals surface area contributed by atoms with Crippen molar-refractivity contribution in [1.82, 2.24) is 4.90 Å². The van der Waals surface area contributed by atoms with Crippen molar-refractivity contribution in [2.24, 2.45) is 0 Å². The van der Waals surface area contributed by atoms with Crippen LogP contribution >= 0.6 is 27.5 Å². The van der Waals surface area contributed by atoms with Gasteiger partial charge < -0.3 is 9.64 Å². The number of ether oxygens (including phenoxy) is 1. The highest BCUT2D eigenvalue weighted by molar-refractivity contribution is 9.10. The van der Waals surface area contributed by atoms with Gasteiger partial charge in [-0.25, -0.2) is 0 Å². The summed E-state index contributed by atoms with van der Waals surface area (Å²) in [5.41, 5.74) is 2.45. The second-order valence-corrected chi connectivity index (χ2v) is 6.51. The van der Waals surface area contributed by atoms with E-state index in [1.54, 1.807) is 0 Å². The summed E-state index contributed by atoms with van der Waals surface area (Å²) in [5.74, 6) is 0.432. The third-order valence-corrected chi connectivity index (χ3v) is 5.29. The zero-order valence-corrected chi connectivity index (χ0v) is 12.3. The van der Waals surface area contributed by atoms with Gasteiger partial charge >= 0.3 is 0 Å². The Bertz CT molecular complexity index is 479. The molecule has 0 aromatic heterocycles. The van der Waals surface area contributed by atoms with E-state index in [1.807, 2.05) is 6.07 Å². The van der Waals surface area contributed by atoms with Gasteiger partial charge in [0.05, 0.1) is 17.2 Å². The van der Waals surface area contributed by atoms with Crippen LogP contribution in [0.3, 0.4) is 0 Å². The number of nitrogens with zero attached hydrogens (tertiary/aromatic N) is 1. The van der Waals surface area contributed by atoms with Gasteiger partial charge in [0.25, 0.3) is 0 Å². The lowest BCUT2D eigenvalue weighted by molar-refractivity contribution is -0.0556. The number of hydrogen-bond acceptors (Lipinski definition) is 2. The highest BCUT2D eigenvalue weighted by Gasteiger charge is 2.47. The Hall–Kier alpha value is -0.0900. The van der Waals surface area contributed by atoms with Crippen LogP contribution in [0.15, 0.2) is 16.6 Å². The van der Waals surface area contributed by atoms with Crippen LogP contribution in [-0.2, 0) is 11.3 Å². The number of hydrogen-bond donors (Lipinski definition) is 0. The van der Waals surface area contributed by atoms with Gasteiger partial charge in [-0.2, -0.15) is 0 Å². The van der Waals surface area contributed by atoms with Crippen molar-refractivity contribution >= 4 is 27.5 Å². The average Bonchev–Trinajstić information content (AvgIpc) is 2.58. The molecule has 0 amide bonds. The fraction of sp³-hybridized carbons (Fsp3) is 0.538. The second-order valence-electron chi connectivity index (χ2n) is 5.28. The van der Waals surface area contributed by atoms with Crippen LogP contribution < -0.4 is 0 Å². The second kappa shape index (κ2) is 3.95. The quantitative estimate of drug-likeness (QED) is 0.727. The molecule has 0 saturated carbocycles. The number of halogens is 2. The van der Waals surface area contributed by atoms with E-state index < -0.39 is 0 Å². The SMILES string of the molecule is CN1CC2c3ccc(Br)c(Cl)c3COC2(C)C1. The number of rotatable bonds is 0. The molecular formula is C13H15BrClNO. The van der Waals surface area contributed by atoms with Crippen molar-refractivity contribution < 1.29 is 4.74 Å². The molecular weight excluding hydrogens is 302 g/mol. The molecule has 17 heavy (non-hydrogen) atoms. The van der Waals surface area contributed by atoms with Gasteiger partial charge in [-0.15, -0.1) is 0 Å². The summed E-state index contributed by atoms with van der Waals surface area (Å²) < 4.78 is 7.03. The van der Waals surface area contributed by atoms with Crippen LogP contribution in [0.25, 0.3) is 0 Å². The van der Waals surface area contributed by atoms with Crippen molar-refractivity contribution in [2.75, 3.05) is 20.1 Å². The molecule has 1 aromatic rings. The first-order valence-electron chi connectivity index (χ1n) is 5.80. The molecule has 2 nitrogen and oxygen atoms in total. The third kappa shape index (κ3) is 1.75. The van der Waals surface area contributed by atoms with Crippen LogP contribution in [0.5, 0.6) is 0 Å². The molecule has 2 aliphatic heterocycles. The molecule has 92 valence electrons. The van der Waals surface area contributed by atoms with E-state index in [9.17, 15) is 0 Å². The summed E-state index contributed by atoms with van der Waals surface area (Å²) >= 11 is 9.82. The van der Waals surface area contributed by atoms with Crippen LogP contribution in [0.2, 0.25) is 5.02 Å². The number of likely N-dealkylation sites (tertiary alicyclic amines) is 1. The van der Waals surface area contributed by atoms with Crippen molar-refractivity contribution in [1.29, 1.82) is 0 Å². The molecule has 1 aromatic carbocycles. The standard InChI is InChI=1S/C13H15BrClNO/c1-13-7-16(2)5-10(13)8-3-4-11(14)12(15)9(8)6-17-13/h3-4,10H,5-7H2,1-2H3. The number of likely N-dealkylation sites (N-methyl/N-ethyl adjacent to an activating group) is 1. The molecule has 4 heteroatoms. The van der Waals surface area contributed by atoms with Crippen LogP contribution in [-0.4, -0.2) is 30.6 Å². The first-order valence-corrected chi connectivity index (χ1v) is 6.97. The minimum absolute atomic E-state index is 0.0566. The predicted molar refractivity (Wildman–Crippen MR) is 72.6 cm³/mol. The Morgan fingerprint density at radius 2 is 2.29 bits per heavy atom. The van der Waals surface area contributed by atoms with Crippen LogP contribution in [0.4, 0.5) is 0 Å². The van der Waals surface area contributed by atoms with Gasteiger partial charge in [-0.3, -0.25) is 0 Å². The molecule has 0 spiro atoms. The average molecular weight is 317 g/mol. The van der Waals surface area contributed by atoms with Gasteiger partial charge in [0.15, 0.2) is 0 Å². The maximum Gasteiger partial charge on any atom is 0.0865 e. The Morgan fingerprint density at radius 1 is 1.53 bits per heavy atom. The first kappa shape index (κ1) is 12.0. The summed E-state index contributed by atoms with van der Waals surface area (Å²) in [6.07, 6.45) is 0. The van der Waals surface area contributed by atoms with E-state index in [2.05, 4.69) is 40.9 Å². The fourth-order valence-corrected chi connectivity index (χ4v) is 3.70. The minimum Gasteiger partial charge on any atom is -0.369 e. The molecule has 2 atom stereocenters. The lowest BCUT2D eigenvalue weighted by Crippen LogP contribution is -2.39. The maximum atomic E-state index is 6.34.